The molecule has 0 aliphatic heterocycles. The summed E-state index contributed by atoms with van der Waals surface area (Å²) in [5.74, 6) is -0.833. The van der Waals surface area contributed by atoms with E-state index in [0.717, 1.165) is 25.7 Å². The Balaban J connectivity index is 0. The van der Waals surface area contributed by atoms with E-state index in [9.17, 15) is 9.59 Å². The molecular weight excluding hydrogens is 351 g/mol. The fraction of sp³-hybridized carbons (Fsp3) is 0.714. The fourth-order valence-electron chi connectivity index (χ4n) is 1.71. The van der Waals surface area contributed by atoms with Crippen LogP contribution in [0.15, 0.2) is 11.1 Å². The zero-order chi connectivity index (χ0) is 14.0. The second-order valence-electron chi connectivity index (χ2n) is 4.15. The number of methoxy groups -OCH3 is 2. The predicted molar refractivity (Wildman–Crippen MR) is 81.4 cm³/mol. The van der Waals surface area contributed by atoms with Crippen LogP contribution in [0.1, 0.15) is 52.4 Å². The molecule has 0 radical (unpaired) electrons. The third-order valence-corrected chi connectivity index (χ3v) is 2.79. The van der Waals surface area contributed by atoms with Gasteiger partial charge in [-0.15, -0.1) is 0 Å². The molecule has 5 heteroatoms. The van der Waals surface area contributed by atoms with E-state index in [2.05, 4.69) is 0 Å². The molecule has 0 aromatic carbocycles. The van der Waals surface area contributed by atoms with Gasteiger partial charge >= 0.3 is 35.8 Å². The number of hydrogen-bond donors (Lipinski definition) is 0. The van der Waals surface area contributed by atoms with E-state index in [1.165, 1.54) is 14.2 Å². The van der Waals surface area contributed by atoms with Crippen LogP contribution in [0.5, 0.6) is 0 Å². The monoisotopic (exact) mass is 380 g/mol. The van der Waals surface area contributed by atoms with Crippen molar-refractivity contribution in [2.45, 2.75) is 52.4 Å². The Morgan fingerprint density at radius 1 is 0.789 bits per heavy atom. The normalized spacial score (nSPS) is 11.2. The van der Waals surface area contributed by atoms with Crippen LogP contribution in [0.3, 0.4) is 0 Å². The summed E-state index contributed by atoms with van der Waals surface area (Å²) in [5, 5.41) is 0. The van der Waals surface area contributed by atoms with Crippen LogP contribution >= 0.6 is 0 Å². The van der Waals surface area contributed by atoms with Gasteiger partial charge in [0.25, 0.3) is 0 Å². The molecule has 0 aromatic heterocycles. The Labute approximate surface area is 132 Å². The second-order valence-corrected chi connectivity index (χ2v) is 4.15. The molecule has 0 rings (SSSR count). The minimum absolute atomic E-state index is 0. The topological polar surface area (TPSA) is 52.6 Å². The summed E-state index contributed by atoms with van der Waals surface area (Å²) in [5.41, 5.74) is 0.944. The molecule has 0 saturated heterocycles. The van der Waals surface area contributed by atoms with E-state index in [4.69, 9.17) is 9.47 Å². The summed E-state index contributed by atoms with van der Waals surface area (Å²) in [7, 11) is 2.67. The third kappa shape index (κ3) is 7.60. The Bertz CT molecular complexity index is 281. The summed E-state index contributed by atoms with van der Waals surface area (Å²) in [6.45, 7) is 4.08. The van der Waals surface area contributed by atoms with Crippen LogP contribution in [0.25, 0.3) is 0 Å². The van der Waals surface area contributed by atoms with Crippen molar-refractivity contribution in [1.29, 1.82) is 0 Å². The minimum atomic E-state index is -0.417. The first-order valence-electron chi connectivity index (χ1n) is 6.50. The van der Waals surface area contributed by atoms with Crippen molar-refractivity contribution in [1.82, 2.24) is 0 Å². The standard InChI is InChI=1S/C14H24O4.Sn.4H/c1-5-7-9-11(13(15)17-3)12(10-8-6-2)14(16)18-4;;;;;/h5-10H2,1-4H3;;;;;/b12-11-;;;;;. The summed E-state index contributed by atoms with van der Waals surface area (Å²) in [6, 6.07) is 0. The van der Waals surface area contributed by atoms with Crippen molar-refractivity contribution in [3.8, 4) is 0 Å². The molecule has 0 fully saturated rings. The van der Waals surface area contributed by atoms with Crippen LogP contribution in [0.2, 0.25) is 0 Å². The van der Waals surface area contributed by atoms with E-state index >= 15 is 0 Å². The molecular formula is C14H28O4Sn. The molecule has 0 bridgehead atoms. The Morgan fingerprint density at radius 2 is 1.11 bits per heavy atom. The van der Waals surface area contributed by atoms with E-state index in [1.54, 1.807) is 0 Å². The second kappa shape index (κ2) is 12.5. The molecule has 0 saturated carbocycles. The summed E-state index contributed by atoms with van der Waals surface area (Å²) < 4.78 is 9.52. The van der Waals surface area contributed by atoms with E-state index in [1.807, 2.05) is 13.8 Å². The van der Waals surface area contributed by atoms with Gasteiger partial charge in [-0.2, -0.15) is 0 Å². The quantitative estimate of drug-likeness (QED) is 0.365. The molecule has 0 aliphatic carbocycles. The third-order valence-electron chi connectivity index (χ3n) is 2.79. The SMILES string of the molecule is CCCC/C(C(=O)OC)=C(\CCCC)C(=O)OC.[SnH4]. The van der Waals surface area contributed by atoms with Gasteiger partial charge < -0.3 is 9.47 Å². The fourth-order valence-corrected chi connectivity index (χ4v) is 1.71. The maximum atomic E-state index is 11.8. The molecule has 0 N–H and O–H groups in total. The van der Waals surface area contributed by atoms with Crippen LogP contribution in [0.4, 0.5) is 0 Å². The number of rotatable bonds is 8. The van der Waals surface area contributed by atoms with E-state index in [-0.39, 0.29) is 23.9 Å². The first-order chi connectivity index (χ1) is 8.62. The Kier molecular flexibility index (Phi) is 13.7. The van der Waals surface area contributed by atoms with Gasteiger partial charge in [-0.25, -0.2) is 9.59 Å². The zero-order valence-electron chi connectivity index (χ0n) is 11.9. The first kappa shape index (κ1) is 20.8. The molecule has 0 aliphatic rings. The van der Waals surface area contributed by atoms with Gasteiger partial charge in [-0.1, -0.05) is 26.7 Å². The number of unbranched alkanes of at least 4 members (excludes halogenated alkanes) is 2. The van der Waals surface area contributed by atoms with Gasteiger partial charge in [0.05, 0.1) is 14.2 Å². The number of carbonyl (C=O) groups is 2. The number of esters is 2. The van der Waals surface area contributed by atoms with Crippen LogP contribution < -0.4 is 0 Å². The summed E-state index contributed by atoms with van der Waals surface area (Å²) >= 11 is 0. The summed E-state index contributed by atoms with van der Waals surface area (Å²) in [6.07, 6.45) is 4.77. The molecule has 0 spiro atoms. The average molecular weight is 379 g/mol. The van der Waals surface area contributed by atoms with Gasteiger partial charge in [0, 0.05) is 11.1 Å². The maximum absolute atomic E-state index is 11.8. The molecule has 0 amide bonds. The number of hydrogen-bond acceptors (Lipinski definition) is 4. The van der Waals surface area contributed by atoms with Gasteiger partial charge in [0.15, 0.2) is 0 Å². The summed E-state index contributed by atoms with van der Waals surface area (Å²) in [4.78, 5) is 23.5. The molecule has 0 heterocycles. The van der Waals surface area contributed by atoms with E-state index in [0.29, 0.717) is 24.0 Å². The zero-order valence-corrected chi connectivity index (χ0v) is 11.9. The van der Waals surface area contributed by atoms with Crippen molar-refractivity contribution >= 4 is 35.8 Å². The molecule has 4 nitrogen and oxygen atoms in total. The van der Waals surface area contributed by atoms with Gasteiger partial charge in [0.2, 0.25) is 0 Å². The number of ether oxygens (including phenoxy) is 2. The van der Waals surface area contributed by atoms with Crippen LogP contribution in [-0.2, 0) is 19.1 Å². The van der Waals surface area contributed by atoms with Gasteiger partial charge in [-0.3, -0.25) is 0 Å². The van der Waals surface area contributed by atoms with E-state index < -0.39 is 11.9 Å². The van der Waals surface area contributed by atoms with Crippen molar-refractivity contribution in [2.75, 3.05) is 14.2 Å². The van der Waals surface area contributed by atoms with Crippen molar-refractivity contribution in [3.05, 3.63) is 11.1 Å². The van der Waals surface area contributed by atoms with Gasteiger partial charge in [0.1, 0.15) is 0 Å². The average Bonchev–Trinajstić information content (AvgIpc) is 2.40. The van der Waals surface area contributed by atoms with Crippen LogP contribution in [0, 0.1) is 0 Å². The Hall–Kier alpha value is -0.521. The van der Waals surface area contributed by atoms with Crippen LogP contribution in [-0.4, -0.2) is 50.1 Å². The predicted octanol–water partition coefficient (Wildman–Crippen LogP) is 1.56. The molecule has 0 aromatic rings. The van der Waals surface area contributed by atoms with Crippen molar-refractivity contribution < 1.29 is 19.1 Å². The van der Waals surface area contributed by atoms with Crippen molar-refractivity contribution in [3.63, 3.8) is 0 Å². The first-order valence-corrected chi connectivity index (χ1v) is 6.50. The Morgan fingerprint density at radius 3 is 1.32 bits per heavy atom. The molecule has 0 unspecified atom stereocenters. The number of carbonyl (C=O) groups excluding carboxylic acids is 2. The molecule has 112 valence electrons. The van der Waals surface area contributed by atoms with Gasteiger partial charge in [-0.05, 0) is 25.7 Å². The molecule has 0 atom stereocenters. The van der Waals surface area contributed by atoms with Crippen molar-refractivity contribution in [2.24, 2.45) is 0 Å². The molecule has 19 heavy (non-hydrogen) atoms.